The van der Waals surface area contributed by atoms with Gasteiger partial charge in [0.1, 0.15) is 5.82 Å². The Morgan fingerprint density at radius 3 is 2.81 bits per heavy atom. The van der Waals surface area contributed by atoms with E-state index in [9.17, 15) is 14.7 Å². The number of rotatable bonds is 8. The minimum atomic E-state index is -1.00. The Hall–Kier alpha value is -2.75. The molecule has 0 radical (unpaired) electrons. The van der Waals surface area contributed by atoms with Gasteiger partial charge in [0, 0.05) is 44.9 Å². The van der Waals surface area contributed by atoms with Gasteiger partial charge in [-0.15, -0.1) is 0 Å². The Balaban J connectivity index is 1.33. The highest BCUT2D eigenvalue weighted by atomic mass is 16.8. The van der Waals surface area contributed by atoms with Gasteiger partial charge in [0.25, 0.3) is 5.91 Å². The zero-order valence-corrected chi connectivity index (χ0v) is 22.2. The summed E-state index contributed by atoms with van der Waals surface area (Å²) in [6.07, 6.45) is 10.3. The summed E-state index contributed by atoms with van der Waals surface area (Å²) in [5.74, 6) is -0.00456. The van der Waals surface area contributed by atoms with Crippen LogP contribution < -0.4 is 10.4 Å². The monoisotopic (exact) mass is 512 g/mol. The average molecular weight is 513 g/mol. The molecule has 2 aliphatic heterocycles. The van der Waals surface area contributed by atoms with Crippen LogP contribution in [0.1, 0.15) is 71.3 Å². The van der Waals surface area contributed by atoms with E-state index >= 15 is 0 Å². The van der Waals surface area contributed by atoms with Crippen LogP contribution in [0, 0.1) is 5.41 Å². The van der Waals surface area contributed by atoms with E-state index < -0.39 is 18.3 Å². The van der Waals surface area contributed by atoms with Crippen molar-refractivity contribution < 1.29 is 24.3 Å². The first kappa shape index (κ1) is 27.3. The maximum atomic E-state index is 12.2. The summed E-state index contributed by atoms with van der Waals surface area (Å²) in [5, 5.41) is 10.00. The number of nitrogens with zero attached hydrogens (tertiary/aromatic N) is 3. The molecule has 2 fully saturated rings. The quantitative estimate of drug-likeness (QED) is 0.294. The number of carboxylic acid groups (broad SMARTS) is 1. The van der Waals surface area contributed by atoms with Crippen LogP contribution in [-0.4, -0.2) is 65.6 Å². The fourth-order valence-corrected chi connectivity index (χ4v) is 5.63. The second kappa shape index (κ2) is 12.2. The van der Waals surface area contributed by atoms with Gasteiger partial charge in [-0.1, -0.05) is 25.0 Å². The SMILES string of the molecule is CC1=C(CN2CC[C@@H](N(C(=O)O)c3ccc(C=CC(=O)NOC4CCCCO4)cn3)C2)C(C)(C)CCC1. The molecule has 0 spiro atoms. The van der Waals surface area contributed by atoms with Gasteiger partial charge in [0.15, 0.2) is 6.29 Å². The zero-order chi connectivity index (χ0) is 26.4. The molecule has 1 aromatic rings. The molecule has 0 aromatic carbocycles. The number of allylic oxidation sites excluding steroid dienone is 1. The fourth-order valence-electron chi connectivity index (χ4n) is 5.63. The molecule has 1 aromatic heterocycles. The summed E-state index contributed by atoms with van der Waals surface area (Å²) in [4.78, 5) is 37.7. The van der Waals surface area contributed by atoms with Crippen LogP contribution in [0.4, 0.5) is 10.6 Å². The molecule has 3 heterocycles. The number of anilines is 1. The molecule has 2 N–H and O–H groups in total. The van der Waals surface area contributed by atoms with Gasteiger partial charge in [-0.05, 0) is 74.6 Å². The van der Waals surface area contributed by atoms with E-state index in [1.54, 1.807) is 24.4 Å². The van der Waals surface area contributed by atoms with E-state index in [0.717, 1.165) is 45.2 Å². The summed E-state index contributed by atoms with van der Waals surface area (Å²) in [7, 11) is 0. The van der Waals surface area contributed by atoms with Crippen LogP contribution in [0.2, 0.25) is 0 Å². The standard InChI is InChI=1S/C28H40N4O5/c1-20-7-6-14-28(2,3)23(20)19-31-15-13-22(18-31)32(27(34)35)24-11-9-21(17-29-24)10-12-25(33)30-37-26-8-4-5-16-36-26/h9-12,17,22,26H,4-8,13-16,18-19H2,1-3H3,(H,30,33)(H,34,35)/t22-,26?/m1/s1. The summed E-state index contributed by atoms with van der Waals surface area (Å²) in [6, 6.07) is 3.31. The Bertz CT molecular complexity index is 1010. The molecule has 202 valence electrons. The van der Waals surface area contributed by atoms with Crippen molar-refractivity contribution in [3.8, 4) is 0 Å². The number of hydroxylamine groups is 1. The lowest BCUT2D eigenvalue weighted by Gasteiger charge is -2.37. The molecule has 1 aliphatic carbocycles. The molecule has 2 amide bonds. The highest BCUT2D eigenvalue weighted by molar-refractivity contribution is 5.91. The predicted molar refractivity (Wildman–Crippen MR) is 142 cm³/mol. The van der Waals surface area contributed by atoms with E-state index in [0.29, 0.717) is 24.5 Å². The molecular formula is C28H40N4O5. The number of pyridine rings is 1. The van der Waals surface area contributed by atoms with Gasteiger partial charge >= 0.3 is 6.09 Å². The van der Waals surface area contributed by atoms with Gasteiger partial charge in [-0.2, -0.15) is 0 Å². The molecule has 37 heavy (non-hydrogen) atoms. The van der Waals surface area contributed by atoms with Crippen LogP contribution >= 0.6 is 0 Å². The first-order valence-corrected chi connectivity index (χ1v) is 13.4. The van der Waals surface area contributed by atoms with Gasteiger partial charge in [0.2, 0.25) is 0 Å². The highest BCUT2D eigenvalue weighted by Gasteiger charge is 2.35. The third kappa shape index (κ3) is 7.18. The normalized spacial score (nSPS) is 24.4. The fraction of sp³-hybridized carbons (Fsp3) is 0.607. The molecule has 0 saturated carbocycles. The number of carbonyl (C=O) groups excluding carboxylic acids is 1. The lowest BCUT2D eigenvalue weighted by Crippen LogP contribution is -2.42. The van der Waals surface area contributed by atoms with E-state index in [1.165, 1.54) is 35.0 Å². The minimum Gasteiger partial charge on any atom is -0.465 e. The van der Waals surface area contributed by atoms with Gasteiger partial charge < -0.3 is 9.84 Å². The van der Waals surface area contributed by atoms with Crippen molar-refractivity contribution in [2.75, 3.05) is 31.1 Å². The maximum absolute atomic E-state index is 12.2. The molecule has 3 aliphatic rings. The zero-order valence-electron chi connectivity index (χ0n) is 22.2. The predicted octanol–water partition coefficient (Wildman–Crippen LogP) is 4.75. The van der Waals surface area contributed by atoms with Crippen molar-refractivity contribution >= 4 is 23.9 Å². The minimum absolute atomic E-state index is 0.149. The molecule has 2 saturated heterocycles. The van der Waals surface area contributed by atoms with E-state index in [-0.39, 0.29) is 11.5 Å². The molecular weight excluding hydrogens is 472 g/mol. The van der Waals surface area contributed by atoms with Crippen LogP contribution in [0.5, 0.6) is 0 Å². The topological polar surface area (TPSA) is 104 Å². The molecule has 4 rings (SSSR count). The molecule has 0 bridgehead atoms. The number of ether oxygens (including phenoxy) is 1. The second-order valence-corrected chi connectivity index (χ2v) is 11.0. The number of hydrogen-bond acceptors (Lipinski definition) is 6. The number of nitrogens with one attached hydrogen (secondary N) is 1. The summed E-state index contributed by atoms with van der Waals surface area (Å²) in [5.41, 5.74) is 6.27. The number of aromatic nitrogens is 1. The van der Waals surface area contributed by atoms with Crippen molar-refractivity contribution in [1.29, 1.82) is 0 Å². The highest BCUT2D eigenvalue weighted by Crippen LogP contribution is 2.40. The van der Waals surface area contributed by atoms with Crippen LogP contribution in [0.15, 0.2) is 35.6 Å². The van der Waals surface area contributed by atoms with E-state index in [1.807, 2.05) is 0 Å². The van der Waals surface area contributed by atoms with Crippen molar-refractivity contribution in [3.05, 3.63) is 41.1 Å². The summed E-state index contributed by atoms with van der Waals surface area (Å²) < 4.78 is 5.42. The maximum Gasteiger partial charge on any atom is 0.413 e. The largest absolute Gasteiger partial charge is 0.465 e. The Labute approximate surface area is 219 Å². The van der Waals surface area contributed by atoms with Crippen molar-refractivity contribution in [2.45, 2.75) is 78.0 Å². The number of amides is 2. The lowest BCUT2D eigenvalue weighted by atomic mass is 9.72. The van der Waals surface area contributed by atoms with E-state index in [2.05, 4.69) is 36.1 Å². The average Bonchev–Trinajstić information content (AvgIpc) is 3.33. The molecule has 9 nitrogen and oxygen atoms in total. The summed E-state index contributed by atoms with van der Waals surface area (Å²) in [6.45, 7) is 9.98. The second-order valence-electron chi connectivity index (χ2n) is 11.0. The third-order valence-electron chi connectivity index (χ3n) is 7.76. The van der Waals surface area contributed by atoms with Gasteiger partial charge in [-0.25, -0.2) is 20.1 Å². The van der Waals surface area contributed by atoms with E-state index in [4.69, 9.17) is 9.57 Å². The first-order chi connectivity index (χ1) is 17.7. The van der Waals surface area contributed by atoms with Crippen LogP contribution in [0.25, 0.3) is 6.08 Å². The molecule has 1 unspecified atom stereocenters. The van der Waals surface area contributed by atoms with Crippen molar-refractivity contribution in [1.82, 2.24) is 15.4 Å². The van der Waals surface area contributed by atoms with Crippen LogP contribution in [-0.2, 0) is 14.4 Å². The third-order valence-corrected chi connectivity index (χ3v) is 7.76. The molecule has 9 heteroatoms. The van der Waals surface area contributed by atoms with Crippen molar-refractivity contribution in [2.24, 2.45) is 5.41 Å². The first-order valence-electron chi connectivity index (χ1n) is 13.4. The Morgan fingerprint density at radius 2 is 2.14 bits per heavy atom. The molecule has 2 atom stereocenters. The van der Waals surface area contributed by atoms with Gasteiger partial charge in [-0.3, -0.25) is 14.6 Å². The summed E-state index contributed by atoms with van der Waals surface area (Å²) >= 11 is 0. The van der Waals surface area contributed by atoms with Crippen molar-refractivity contribution in [3.63, 3.8) is 0 Å². The Kier molecular flexibility index (Phi) is 9.00. The lowest BCUT2D eigenvalue weighted by molar-refractivity contribution is -0.198. The number of hydrogen-bond donors (Lipinski definition) is 2. The van der Waals surface area contributed by atoms with Crippen LogP contribution in [0.3, 0.4) is 0 Å². The Morgan fingerprint density at radius 1 is 1.30 bits per heavy atom. The number of carbonyl (C=O) groups is 2. The number of likely N-dealkylation sites (tertiary alicyclic amines) is 1. The smallest absolute Gasteiger partial charge is 0.413 e. The van der Waals surface area contributed by atoms with Gasteiger partial charge in [0.05, 0.1) is 6.04 Å².